The summed E-state index contributed by atoms with van der Waals surface area (Å²) in [6, 6.07) is 0. The molecular weight excluding hydrogens is 156 g/mol. The van der Waals surface area contributed by atoms with Gasteiger partial charge in [0.2, 0.25) is 0 Å². The highest BCUT2D eigenvalue weighted by Gasteiger charge is 2.04. The third-order valence-electron chi connectivity index (χ3n) is 2.73. The molecule has 1 aliphatic carbocycles. The highest BCUT2D eigenvalue weighted by molar-refractivity contribution is 5.32. The average molecular weight is 177 g/mol. The third kappa shape index (κ3) is 3.80. The lowest BCUT2D eigenvalue weighted by atomic mass is 10.0. The molecule has 0 aromatic carbocycles. The molecule has 0 N–H and O–H groups in total. The van der Waals surface area contributed by atoms with Gasteiger partial charge in [0.05, 0.1) is 0 Å². The summed E-state index contributed by atoms with van der Waals surface area (Å²) in [5, 5.41) is 0. The van der Waals surface area contributed by atoms with E-state index in [4.69, 9.17) is 0 Å². The van der Waals surface area contributed by atoms with Crippen LogP contribution in [-0.4, -0.2) is 0 Å². The summed E-state index contributed by atoms with van der Waals surface area (Å²) in [4.78, 5) is 0. The molecule has 0 fully saturated rings. The Bertz CT molecular complexity index is 196. The number of rotatable bonds is 6. The lowest BCUT2D eigenvalue weighted by molar-refractivity contribution is 0.631. The molecule has 0 saturated heterocycles. The monoisotopic (exact) mass is 177 g/mol. The molecule has 13 heavy (non-hydrogen) atoms. The number of unbranched alkanes of at least 4 members (excludes halogenated alkanes) is 4. The van der Waals surface area contributed by atoms with Crippen LogP contribution in [0.2, 0.25) is 0 Å². The van der Waals surface area contributed by atoms with Gasteiger partial charge in [0.1, 0.15) is 0 Å². The van der Waals surface area contributed by atoms with Crippen molar-refractivity contribution in [3.8, 4) is 0 Å². The molecule has 0 heteroatoms. The van der Waals surface area contributed by atoms with Crippen LogP contribution in [-0.2, 0) is 0 Å². The molecule has 0 nitrogen and oxygen atoms in total. The van der Waals surface area contributed by atoms with Crippen LogP contribution < -0.4 is 0 Å². The van der Waals surface area contributed by atoms with Crippen LogP contribution >= 0.6 is 0 Å². The lowest BCUT2D eigenvalue weighted by Gasteiger charge is -2.03. The minimum atomic E-state index is 1.05. The first-order valence-electron chi connectivity index (χ1n) is 5.61. The van der Waals surface area contributed by atoms with Crippen LogP contribution in [0.15, 0.2) is 17.2 Å². The molecule has 0 unspecified atom stereocenters. The zero-order valence-corrected chi connectivity index (χ0v) is 9.03. The molecule has 0 saturated carbocycles. The number of allylic oxidation sites excluding steroid dienone is 4. The molecule has 0 atom stereocenters. The fraction of sp³-hybridized carbons (Fsp3) is 0.692. The van der Waals surface area contributed by atoms with Crippen LogP contribution in [0.5, 0.6) is 0 Å². The van der Waals surface area contributed by atoms with Crippen molar-refractivity contribution in [1.82, 2.24) is 0 Å². The maximum atomic E-state index is 3.42. The first-order valence-corrected chi connectivity index (χ1v) is 5.61. The Morgan fingerprint density at radius 1 is 1.23 bits per heavy atom. The molecule has 1 radical (unpaired) electrons. The van der Waals surface area contributed by atoms with E-state index in [0.29, 0.717) is 0 Å². The van der Waals surface area contributed by atoms with Crippen molar-refractivity contribution in [2.24, 2.45) is 0 Å². The third-order valence-corrected chi connectivity index (χ3v) is 2.73. The van der Waals surface area contributed by atoms with Gasteiger partial charge in [0, 0.05) is 0 Å². The van der Waals surface area contributed by atoms with Crippen molar-refractivity contribution in [3.63, 3.8) is 0 Å². The summed E-state index contributed by atoms with van der Waals surface area (Å²) in [7, 11) is 0. The van der Waals surface area contributed by atoms with Crippen LogP contribution in [0.1, 0.15) is 58.8 Å². The SMILES string of the molecule is CCCCCCCC1=[C]CC=C1C. The fourth-order valence-corrected chi connectivity index (χ4v) is 1.78. The van der Waals surface area contributed by atoms with Gasteiger partial charge >= 0.3 is 0 Å². The first-order chi connectivity index (χ1) is 6.34. The van der Waals surface area contributed by atoms with Crippen molar-refractivity contribution in [3.05, 3.63) is 23.3 Å². The minimum absolute atomic E-state index is 1.05. The van der Waals surface area contributed by atoms with Crippen molar-refractivity contribution >= 4 is 0 Å². The Morgan fingerprint density at radius 2 is 2.00 bits per heavy atom. The summed E-state index contributed by atoms with van der Waals surface area (Å²) in [5.41, 5.74) is 2.95. The van der Waals surface area contributed by atoms with Crippen LogP contribution in [0.25, 0.3) is 0 Å². The lowest BCUT2D eigenvalue weighted by Crippen LogP contribution is -1.84. The van der Waals surface area contributed by atoms with Gasteiger partial charge in [-0.15, -0.1) is 0 Å². The van der Waals surface area contributed by atoms with Gasteiger partial charge in [-0.2, -0.15) is 0 Å². The van der Waals surface area contributed by atoms with Crippen molar-refractivity contribution < 1.29 is 0 Å². The molecule has 0 amide bonds. The second-order valence-corrected chi connectivity index (χ2v) is 3.91. The van der Waals surface area contributed by atoms with Crippen molar-refractivity contribution in [1.29, 1.82) is 0 Å². The van der Waals surface area contributed by atoms with E-state index < -0.39 is 0 Å². The van der Waals surface area contributed by atoms with Gasteiger partial charge < -0.3 is 0 Å². The highest BCUT2D eigenvalue weighted by Crippen LogP contribution is 2.23. The van der Waals surface area contributed by atoms with E-state index in [1.54, 1.807) is 0 Å². The molecule has 1 rings (SSSR count). The summed E-state index contributed by atoms with van der Waals surface area (Å²) in [6.45, 7) is 4.47. The predicted octanol–water partition coefficient (Wildman–Crippen LogP) is 4.43. The topological polar surface area (TPSA) is 0 Å². The van der Waals surface area contributed by atoms with Gasteiger partial charge in [-0.05, 0) is 37.8 Å². The highest BCUT2D eigenvalue weighted by atomic mass is 14.1. The number of hydrogen-bond donors (Lipinski definition) is 0. The fourth-order valence-electron chi connectivity index (χ4n) is 1.78. The normalized spacial score (nSPS) is 15.8. The van der Waals surface area contributed by atoms with Crippen LogP contribution in [0.3, 0.4) is 0 Å². The molecule has 0 aromatic heterocycles. The Hall–Kier alpha value is -0.520. The van der Waals surface area contributed by atoms with Gasteiger partial charge in [0.25, 0.3) is 0 Å². The molecular formula is C13H21. The van der Waals surface area contributed by atoms with Gasteiger partial charge in [-0.1, -0.05) is 44.3 Å². The van der Waals surface area contributed by atoms with Gasteiger partial charge in [-0.25, -0.2) is 0 Å². The predicted molar refractivity (Wildman–Crippen MR) is 58.5 cm³/mol. The van der Waals surface area contributed by atoms with E-state index in [-0.39, 0.29) is 0 Å². The number of hydrogen-bond acceptors (Lipinski definition) is 0. The average Bonchev–Trinajstić information content (AvgIpc) is 2.52. The van der Waals surface area contributed by atoms with Gasteiger partial charge in [-0.3, -0.25) is 0 Å². The van der Waals surface area contributed by atoms with Crippen LogP contribution in [0.4, 0.5) is 0 Å². The largest absolute Gasteiger partial charge is 0.0769 e. The van der Waals surface area contributed by atoms with E-state index in [1.165, 1.54) is 49.7 Å². The van der Waals surface area contributed by atoms with Crippen molar-refractivity contribution in [2.45, 2.75) is 58.8 Å². The Kier molecular flexibility index (Phi) is 4.88. The standard InChI is InChI=1S/C13H21/c1-3-4-5-6-7-10-13-11-8-9-12(13)2/h9H,3-8,10H2,1-2H3. The molecule has 73 valence electrons. The zero-order valence-electron chi connectivity index (χ0n) is 9.03. The molecule has 0 heterocycles. The van der Waals surface area contributed by atoms with E-state index in [2.05, 4.69) is 26.0 Å². The summed E-state index contributed by atoms with van der Waals surface area (Å²) >= 11 is 0. The molecule has 0 aromatic rings. The maximum absolute atomic E-state index is 3.42. The minimum Gasteiger partial charge on any atom is -0.0769 e. The molecule has 0 bridgehead atoms. The van der Waals surface area contributed by atoms with E-state index in [1.807, 2.05) is 0 Å². The Balaban J connectivity index is 2.03. The summed E-state index contributed by atoms with van der Waals surface area (Å²) in [6.07, 6.45) is 14.9. The Labute approximate surface area is 82.7 Å². The maximum Gasteiger partial charge on any atom is -0.00858 e. The first kappa shape index (κ1) is 10.6. The molecule has 0 spiro atoms. The molecule has 0 aliphatic heterocycles. The van der Waals surface area contributed by atoms with E-state index in [9.17, 15) is 0 Å². The zero-order chi connectivity index (χ0) is 9.52. The summed E-state index contributed by atoms with van der Waals surface area (Å²) < 4.78 is 0. The second kappa shape index (κ2) is 6.01. The second-order valence-electron chi connectivity index (χ2n) is 3.91. The van der Waals surface area contributed by atoms with Crippen molar-refractivity contribution in [2.75, 3.05) is 0 Å². The van der Waals surface area contributed by atoms with E-state index in [0.717, 1.165) is 6.42 Å². The smallest absolute Gasteiger partial charge is 0.00858 e. The Morgan fingerprint density at radius 3 is 2.62 bits per heavy atom. The van der Waals surface area contributed by atoms with Gasteiger partial charge in [0.15, 0.2) is 0 Å². The summed E-state index contributed by atoms with van der Waals surface area (Å²) in [5.74, 6) is 0. The van der Waals surface area contributed by atoms with E-state index >= 15 is 0 Å². The molecule has 1 aliphatic rings. The van der Waals surface area contributed by atoms with Crippen LogP contribution in [0, 0.1) is 6.08 Å². The quantitative estimate of drug-likeness (QED) is 0.527.